The van der Waals surface area contributed by atoms with Crippen molar-refractivity contribution in [2.45, 2.75) is 32.2 Å². The van der Waals surface area contributed by atoms with E-state index < -0.39 is 0 Å². The van der Waals surface area contributed by atoms with Crippen molar-refractivity contribution in [2.75, 3.05) is 31.9 Å². The summed E-state index contributed by atoms with van der Waals surface area (Å²) in [5, 5.41) is 0. The summed E-state index contributed by atoms with van der Waals surface area (Å²) in [4.78, 5) is 0. The van der Waals surface area contributed by atoms with Crippen LogP contribution in [0.4, 0.5) is 0 Å². The van der Waals surface area contributed by atoms with Crippen molar-refractivity contribution in [1.82, 2.24) is 0 Å². The average Bonchev–Trinajstić information content (AvgIpc) is 2.58. The molecule has 1 fully saturated rings. The van der Waals surface area contributed by atoms with Crippen LogP contribution >= 0.6 is 22.6 Å². The lowest BCUT2D eigenvalue weighted by atomic mass is 10.2. The maximum Gasteiger partial charge on any atom is 0.203 e. The molecule has 5 nitrogen and oxygen atoms in total. The second kappa shape index (κ2) is 9.42. The number of halogens is 1. The Balaban J connectivity index is 2.07. The van der Waals surface area contributed by atoms with E-state index in [2.05, 4.69) is 22.6 Å². The Bertz CT molecular complexity index is 435. The SMILES string of the molecule is COc1cc(COC2CCCCO2)cc(OC)c1OCCI. The molecule has 0 bridgehead atoms. The number of hydrogen-bond donors (Lipinski definition) is 0. The smallest absolute Gasteiger partial charge is 0.203 e. The van der Waals surface area contributed by atoms with E-state index in [0.717, 1.165) is 35.9 Å². The Morgan fingerprint density at radius 3 is 2.45 bits per heavy atom. The highest BCUT2D eigenvalue weighted by molar-refractivity contribution is 14.1. The summed E-state index contributed by atoms with van der Waals surface area (Å²) in [6.45, 7) is 1.85. The molecule has 0 aromatic heterocycles. The van der Waals surface area contributed by atoms with Crippen molar-refractivity contribution in [3.8, 4) is 17.2 Å². The second-order valence-corrected chi connectivity index (χ2v) is 6.05. The van der Waals surface area contributed by atoms with Crippen molar-refractivity contribution >= 4 is 22.6 Å². The molecule has 1 atom stereocenters. The summed E-state index contributed by atoms with van der Waals surface area (Å²) in [6.07, 6.45) is 3.11. The summed E-state index contributed by atoms with van der Waals surface area (Å²) in [5.41, 5.74) is 0.977. The van der Waals surface area contributed by atoms with Crippen LogP contribution in [0.1, 0.15) is 24.8 Å². The number of alkyl halides is 1. The fourth-order valence-electron chi connectivity index (χ4n) is 2.33. The van der Waals surface area contributed by atoms with Gasteiger partial charge in [-0.2, -0.15) is 0 Å². The Hall–Kier alpha value is -0.730. The van der Waals surface area contributed by atoms with Gasteiger partial charge in [0, 0.05) is 11.0 Å². The van der Waals surface area contributed by atoms with Crippen LogP contribution in [-0.4, -0.2) is 38.2 Å². The third-order valence-electron chi connectivity index (χ3n) is 3.42. The number of ether oxygens (including phenoxy) is 5. The quantitative estimate of drug-likeness (QED) is 0.474. The van der Waals surface area contributed by atoms with E-state index in [9.17, 15) is 0 Å². The fourth-order valence-corrected chi connectivity index (χ4v) is 2.55. The summed E-state index contributed by atoms with van der Waals surface area (Å²) < 4.78 is 28.9. The van der Waals surface area contributed by atoms with E-state index in [-0.39, 0.29) is 6.29 Å². The van der Waals surface area contributed by atoms with Gasteiger partial charge in [-0.25, -0.2) is 0 Å². The molecule has 1 saturated heterocycles. The molecule has 1 heterocycles. The molecule has 1 aromatic rings. The van der Waals surface area contributed by atoms with Gasteiger partial charge in [-0.05, 0) is 37.0 Å². The predicted molar refractivity (Wildman–Crippen MR) is 92.3 cm³/mol. The first-order chi connectivity index (χ1) is 10.8. The van der Waals surface area contributed by atoms with Gasteiger partial charge in [-0.15, -0.1) is 0 Å². The molecule has 0 radical (unpaired) electrons. The molecule has 0 N–H and O–H groups in total. The standard InChI is InChI=1S/C16H23IO5/c1-18-13-9-12(11-22-15-5-3-4-7-20-15)10-14(19-2)16(13)21-8-6-17/h9-10,15H,3-8,11H2,1-2H3. The highest BCUT2D eigenvalue weighted by atomic mass is 127. The van der Waals surface area contributed by atoms with E-state index in [4.69, 9.17) is 23.7 Å². The zero-order valence-corrected chi connectivity index (χ0v) is 15.3. The summed E-state index contributed by atoms with van der Waals surface area (Å²) >= 11 is 2.27. The maximum absolute atomic E-state index is 5.81. The van der Waals surface area contributed by atoms with Gasteiger partial charge < -0.3 is 23.7 Å². The van der Waals surface area contributed by atoms with Crippen LogP contribution in [0.15, 0.2) is 12.1 Å². The molecule has 0 aliphatic carbocycles. The molecule has 1 aliphatic rings. The lowest BCUT2D eigenvalue weighted by molar-refractivity contribution is -0.168. The minimum atomic E-state index is -0.110. The highest BCUT2D eigenvalue weighted by Gasteiger charge is 2.17. The molecule has 1 unspecified atom stereocenters. The first kappa shape index (κ1) is 17.6. The molecule has 1 aromatic carbocycles. The van der Waals surface area contributed by atoms with E-state index in [1.54, 1.807) is 14.2 Å². The molecule has 0 amide bonds. The maximum atomic E-state index is 5.81. The monoisotopic (exact) mass is 422 g/mol. The Labute approximate surface area is 145 Å². The molecular formula is C16H23IO5. The van der Waals surface area contributed by atoms with Crippen molar-refractivity contribution in [1.29, 1.82) is 0 Å². The van der Waals surface area contributed by atoms with E-state index in [0.29, 0.717) is 30.5 Å². The summed E-state index contributed by atoms with van der Waals surface area (Å²) in [7, 11) is 3.25. The van der Waals surface area contributed by atoms with Gasteiger partial charge in [0.1, 0.15) is 0 Å². The van der Waals surface area contributed by atoms with E-state index >= 15 is 0 Å². The summed E-state index contributed by atoms with van der Waals surface area (Å²) in [6, 6.07) is 3.85. The van der Waals surface area contributed by atoms with Gasteiger partial charge in [0.05, 0.1) is 27.4 Å². The van der Waals surface area contributed by atoms with Crippen LogP contribution in [0, 0.1) is 0 Å². The van der Waals surface area contributed by atoms with Gasteiger partial charge in [-0.1, -0.05) is 22.6 Å². The molecule has 1 aliphatic heterocycles. The molecule has 6 heteroatoms. The minimum Gasteiger partial charge on any atom is -0.493 e. The summed E-state index contributed by atoms with van der Waals surface area (Å²) in [5.74, 6) is 1.96. The van der Waals surface area contributed by atoms with E-state index in [1.165, 1.54) is 0 Å². The first-order valence-electron chi connectivity index (χ1n) is 7.45. The van der Waals surface area contributed by atoms with Crippen molar-refractivity contribution in [2.24, 2.45) is 0 Å². The zero-order chi connectivity index (χ0) is 15.8. The van der Waals surface area contributed by atoms with Crippen LogP contribution in [0.5, 0.6) is 17.2 Å². The topological polar surface area (TPSA) is 46.2 Å². The molecule has 0 saturated carbocycles. The third-order valence-corrected chi connectivity index (χ3v) is 3.86. The Morgan fingerprint density at radius 2 is 1.91 bits per heavy atom. The predicted octanol–water partition coefficient (Wildman–Crippen LogP) is 3.56. The Morgan fingerprint density at radius 1 is 1.18 bits per heavy atom. The minimum absolute atomic E-state index is 0.110. The van der Waals surface area contributed by atoms with Gasteiger partial charge in [0.15, 0.2) is 17.8 Å². The van der Waals surface area contributed by atoms with Gasteiger partial charge in [-0.3, -0.25) is 0 Å². The fraction of sp³-hybridized carbons (Fsp3) is 0.625. The van der Waals surface area contributed by atoms with Crippen molar-refractivity contribution in [3.63, 3.8) is 0 Å². The number of rotatable bonds is 8. The first-order valence-corrected chi connectivity index (χ1v) is 8.98. The highest BCUT2D eigenvalue weighted by Crippen LogP contribution is 2.39. The van der Waals surface area contributed by atoms with Crippen LogP contribution in [0.2, 0.25) is 0 Å². The average molecular weight is 422 g/mol. The molecule has 22 heavy (non-hydrogen) atoms. The van der Waals surface area contributed by atoms with Gasteiger partial charge >= 0.3 is 0 Å². The Kier molecular flexibility index (Phi) is 7.54. The van der Waals surface area contributed by atoms with Crippen molar-refractivity contribution in [3.05, 3.63) is 17.7 Å². The largest absolute Gasteiger partial charge is 0.493 e. The van der Waals surface area contributed by atoms with Crippen LogP contribution < -0.4 is 14.2 Å². The van der Waals surface area contributed by atoms with Crippen LogP contribution in [0.25, 0.3) is 0 Å². The normalized spacial score (nSPS) is 18.0. The third kappa shape index (κ3) is 4.89. The van der Waals surface area contributed by atoms with Gasteiger partial charge in [0.2, 0.25) is 5.75 Å². The molecule has 0 spiro atoms. The van der Waals surface area contributed by atoms with Crippen LogP contribution in [0.3, 0.4) is 0 Å². The number of methoxy groups -OCH3 is 2. The van der Waals surface area contributed by atoms with Gasteiger partial charge in [0.25, 0.3) is 0 Å². The van der Waals surface area contributed by atoms with E-state index in [1.807, 2.05) is 12.1 Å². The van der Waals surface area contributed by atoms with Crippen LogP contribution in [-0.2, 0) is 16.1 Å². The number of benzene rings is 1. The lowest BCUT2D eigenvalue weighted by Gasteiger charge is -2.23. The molecular weight excluding hydrogens is 399 g/mol. The second-order valence-electron chi connectivity index (χ2n) is 4.97. The lowest BCUT2D eigenvalue weighted by Crippen LogP contribution is -2.22. The van der Waals surface area contributed by atoms with Crippen molar-refractivity contribution < 1.29 is 23.7 Å². The zero-order valence-electron chi connectivity index (χ0n) is 13.1. The molecule has 2 rings (SSSR count). The number of hydrogen-bond acceptors (Lipinski definition) is 5. The molecule has 124 valence electrons.